The molecule has 1 heterocycles. The Hall–Kier alpha value is -0.570. The van der Waals surface area contributed by atoms with Crippen LogP contribution < -0.4 is 0 Å². The molecule has 21 heavy (non-hydrogen) atoms. The second-order valence-corrected chi connectivity index (χ2v) is 9.05. The normalized spacial score (nSPS) is 28.8. The standard InChI is InChI=1S/C18H33NO2/c1-16(2)12-17(3,4)14-18(13-16,11-15(20)21)19-9-7-5-6-8-10-19/h5-14H2,1-4H3,(H,20,21). The molecule has 0 aromatic rings. The third-order valence-electron chi connectivity index (χ3n) is 5.33. The lowest BCUT2D eigenvalue weighted by molar-refractivity contribution is -0.144. The molecule has 0 radical (unpaired) electrons. The quantitative estimate of drug-likeness (QED) is 0.843. The number of carboxylic acids is 1. The van der Waals surface area contributed by atoms with Crippen molar-refractivity contribution < 1.29 is 9.90 Å². The molecule has 1 saturated heterocycles. The van der Waals surface area contributed by atoms with Crippen LogP contribution in [0.3, 0.4) is 0 Å². The van der Waals surface area contributed by atoms with E-state index in [-0.39, 0.29) is 16.4 Å². The van der Waals surface area contributed by atoms with Gasteiger partial charge in [0.05, 0.1) is 6.42 Å². The van der Waals surface area contributed by atoms with Crippen LogP contribution in [-0.2, 0) is 4.79 Å². The van der Waals surface area contributed by atoms with Crippen LogP contribution >= 0.6 is 0 Å². The Morgan fingerprint density at radius 1 is 0.905 bits per heavy atom. The van der Waals surface area contributed by atoms with Gasteiger partial charge in [0.2, 0.25) is 0 Å². The molecular formula is C18H33NO2. The van der Waals surface area contributed by atoms with Crippen molar-refractivity contribution in [3.05, 3.63) is 0 Å². The summed E-state index contributed by atoms with van der Waals surface area (Å²) < 4.78 is 0. The van der Waals surface area contributed by atoms with Crippen LogP contribution in [0.2, 0.25) is 0 Å². The van der Waals surface area contributed by atoms with Gasteiger partial charge < -0.3 is 5.11 Å². The molecule has 0 atom stereocenters. The Kier molecular flexibility index (Phi) is 4.72. The highest BCUT2D eigenvalue weighted by atomic mass is 16.4. The van der Waals surface area contributed by atoms with Crippen LogP contribution in [0.25, 0.3) is 0 Å². The fraction of sp³-hybridized carbons (Fsp3) is 0.944. The third kappa shape index (κ3) is 4.21. The lowest BCUT2D eigenvalue weighted by Crippen LogP contribution is -2.58. The van der Waals surface area contributed by atoms with Gasteiger partial charge in [-0.15, -0.1) is 0 Å². The van der Waals surface area contributed by atoms with Gasteiger partial charge in [0.25, 0.3) is 0 Å². The summed E-state index contributed by atoms with van der Waals surface area (Å²) in [6.07, 6.45) is 8.59. The van der Waals surface area contributed by atoms with E-state index in [1.165, 1.54) is 32.1 Å². The molecule has 122 valence electrons. The van der Waals surface area contributed by atoms with Gasteiger partial charge in [-0.3, -0.25) is 9.69 Å². The zero-order chi connectivity index (χ0) is 15.7. The summed E-state index contributed by atoms with van der Waals surface area (Å²) in [4.78, 5) is 14.1. The summed E-state index contributed by atoms with van der Waals surface area (Å²) in [6, 6.07) is 0. The molecule has 1 aliphatic heterocycles. The number of carbonyl (C=O) groups is 1. The smallest absolute Gasteiger partial charge is 0.305 e. The Balaban J connectivity index is 2.32. The highest BCUT2D eigenvalue weighted by Crippen LogP contribution is 2.53. The highest BCUT2D eigenvalue weighted by molar-refractivity contribution is 5.68. The molecule has 0 amide bonds. The van der Waals surface area contributed by atoms with Crippen molar-refractivity contribution in [3.63, 3.8) is 0 Å². The molecular weight excluding hydrogens is 262 g/mol. The predicted octanol–water partition coefficient (Wildman–Crippen LogP) is 4.31. The topological polar surface area (TPSA) is 40.5 Å². The average molecular weight is 295 g/mol. The molecule has 0 aromatic heterocycles. The van der Waals surface area contributed by atoms with Crippen molar-refractivity contribution in [2.45, 2.75) is 84.6 Å². The summed E-state index contributed by atoms with van der Waals surface area (Å²) in [6.45, 7) is 11.5. The van der Waals surface area contributed by atoms with E-state index in [1.807, 2.05) is 0 Å². The van der Waals surface area contributed by atoms with Gasteiger partial charge in [0, 0.05) is 5.54 Å². The zero-order valence-corrected chi connectivity index (χ0v) is 14.4. The number of nitrogens with zero attached hydrogens (tertiary/aromatic N) is 1. The van der Waals surface area contributed by atoms with Gasteiger partial charge in [-0.1, -0.05) is 40.5 Å². The first-order chi connectivity index (χ1) is 9.64. The third-order valence-corrected chi connectivity index (χ3v) is 5.33. The maximum Gasteiger partial charge on any atom is 0.305 e. The summed E-state index contributed by atoms with van der Waals surface area (Å²) in [5.41, 5.74) is 0.314. The van der Waals surface area contributed by atoms with Crippen molar-refractivity contribution in [2.75, 3.05) is 13.1 Å². The van der Waals surface area contributed by atoms with Crippen molar-refractivity contribution >= 4 is 5.97 Å². The molecule has 0 unspecified atom stereocenters. The minimum Gasteiger partial charge on any atom is -0.481 e. The Labute approximate surface area is 130 Å². The molecule has 0 spiro atoms. The Morgan fingerprint density at radius 3 is 1.81 bits per heavy atom. The first-order valence-electron chi connectivity index (χ1n) is 8.61. The van der Waals surface area contributed by atoms with E-state index in [0.717, 1.165) is 25.9 Å². The number of aliphatic carboxylic acids is 1. The van der Waals surface area contributed by atoms with Gasteiger partial charge >= 0.3 is 5.97 Å². The Bertz CT molecular complexity index is 363. The van der Waals surface area contributed by atoms with Gasteiger partial charge in [-0.25, -0.2) is 0 Å². The molecule has 3 nitrogen and oxygen atoms in total. The monoisotopic (exact) mass is 295 g/mol. The van der Waals surface area contributed by atoms with Crippen molar-refractivity contribution in [1.82, 2.24) is 4.90 Å². The van der Waals surface area contributed by atoms with E-state index >= 15 is 0 Å². The van der Waals surface area contributed by atoms with Gasteiger partial charge in [0.1, 0.15) is 0 Å². The van der Waals surface area contributed by atoms with E-state index in [9.17, 15) is 9.90 Å². The van der Waals surface area contributed by atoms with Crippen molar-refractivity contribution in [1.29, 1.82) is 0 Å². The number of hydrogen-bond acceptors (Lipinski definition) is 2. The van der Waals surface area contributed by atoms with Crippen molar-refractivity contribution in [3.8, 4) is 0 Å². The van der Waals surface area contributed by atoms with E-state index in [2.05, 4.69) is 32.6 Å². The van der Waals surface area contributed by atoms with Gasteiger partial charge in [0.15, 0.2) is 0 Å². The summed E-state index contributed by atoms with van der Waals surface area (Å²) >= 11 is 0. The number of carboxylic acid groups (broad SMARTS) is 1. The van der Waals surface area contributed by atoms with E-state index < -0.39 is 5.97 Å². The number of rotatable bonds is 3. The fourth-order valence-corrected chi connectivity index (χ4v) is 5.55. The van der Waals surface area contributed by atoms with Crippen molar-refractivity contribution in [2.24, 2.45) is 10.8 Å². The Morgan fingerprint density at radius 2 is 1.38 bits per heavy atom. The minimum absolute atomic E-state index is 0.137. The second kappa shape index (κ2) is 5.91. The molecule has 0 bridgehead atoms. The van der Waals surface area contributed by atoms with E-state index in [4.69, 9.17) is 0 Å². The van der Waals surface area contributed by atoms with E-state index in [0.29, 0.717) is 6.42 Å². The van der Waals surface area contributed by atoms with Crippen LogP contribution in [0.5, 0.6) is 0 Å². The molecule has 2 rings (SSSR count). The predicted molar refractivity (Wildman–Crippen MR) is 86.4 cm³/mol. The minimum atomic E-state index is -0.632. The average Bonchev–Trinajstić information content (AvgIpc) is 2.51. The fourth-order valence-electron chi connectivity index (χ4n) is 5.55. The number of likely N-dealkylation sites (tertiary alicyclic amines) is 1. The molecule has 0 aromatic carbocycles. The molecule has 2 fully saturated rings. The maximum atomic E-state index is 11.6. The summed E-state index contributed by atoms with van der Waals surface area (Å²) in [5, 5.41) is 9.55. The number of hydrogen-bond donors (Lipinski definition) is 1. The molecule has 1 saturated carbocycles. The second-order valence-electron chi connectivity index (χ2n) is 9.05. The zero-order valence-electron chi connectivity index (χ0n) is 14.4. The highest BCUT2D eigenvalue weighted by Gasteiger charge is 2.51. The van der Waals surface area contributed by atoms with Crippen LogP contribution in [0.15, 0.2) is 0 Å². The SMILES string of the molecule is CC1(C)CC(C)(C)CC(CC(=O)O)(N2CCCCCC2)C1. The molecule has 1 N–H and O–H groups in total. The summed E-state index contributed by atoms with van der Waals surface area (Å²) in [5.74, 6) is -0.632. The van der Waals surface area contributed by atoms with Crippen LogP contribution in [0.4, 0.5) is 0 Å². The first-order valence-corrected chi connectivity index (χ1v) is 8.61. The first kappa shape index (κ1) is 16.8. The van der Waals surface area contributed by atoms with Gasteiger partial charge in [-0.2, -0.15) is 0 Å². The molecule has 1 aliphatic carbocycles. The maximum absolute atomic E-state index is 11.6. The van der Waals surface area contributed by atoms with Crippen LogP contribution in [0, 0.1) is 10.8 Å². The van der Waals surface area contributed by atoms with Gasteiger partial charge in [-0.05, 0) is 56.0 Å². The summed E-state index contributed by atoms with van der Waals surface area (Å²) in [7, 11) is 0. The lowest BCUT2D eigenvalue weighted by Gasteiger charge is -2.56. The lowest BCUT2D eigenvalue weighted by atomic mass is 9.57. The molecule has 2 aliphatic rings. The van der Waals surface area contributed by atoms with Crippen LogP contribution in [-0.4, -0.2) is 34.6 Å². The van der Waals surface area contributed by atoms with E-state index in [1.54, 1.807) is 0 Å². The largest absolute Gasteiger partial charge is 0.481 e. The molecule has 3 heteroatoms. The van der Waals surface area contributed by atoms with Crippen LogP contribution in [0.1, 0.15) is 79.1 Å².